The Kier molecular flexibility index (Phi) is 6.44. The highest BCUT2D eigenvalue weighted by Gasteiger charge is 2.25. The van der Waals surface area contributed by atoms with Crippen LogP contribution in [0.2, 0.25) is 0 Å². The van der Waals surface area contributed by atoms with Gasteiger partial charge in [0.05, 0.1) is 0 Å². The van der Waals surface area contributed by atoms with E-state index in [9.17, 15) is 14.4 Å². The van der Waals surface area contributed by atoms with Crippen molar-refractivity contribution in [3.05, 3.63) is 0 Å². The van der Waals surface area contributed by atoms with Gasteiger partial charge in [0.25, 0.3) is 0 Å². The van der Waals surface area contributed by atoms with Crippen LogP contribution in [0.5, 0.6) is 0 Å². The maximum absolute atomic E-state index is 11.1. The van der Waals surface area contributed by atoms with Crippen molar-refractivity contribution < 1.29 is 19.5 Å². The zero-order valence-electron chi connectivity index (χ0n) is 12.0. The summed E-state index contributed by atoms with van der Waals surface area (Å²) in [6.45, 7) is 5.38. The van der Waals surface area contributed by atoms with E-state index in [0.29, 0.717) is 19.0 Å². The van der Waals surface area contributed by atoms with Crippen LogP contribution in [0.25, 0.3) is 0 Å². The summed E-state index contributed by atoms with van der Waals surface area (Å²) in [5, 5.41) is 14.3. The van der Waals surface area contributed by atoms with Gasteiger partial charge >= 0.3 is 5.97 Å². The van der Waals surface area contributed by atoms with E-state index in [2.05, 4.69) is 10.6 Å². The molecule has 7 nitrogen and oxygen atoms in total. The van der Waals surface area contributed by atoms with Crippen molar-refractivity contribution in [2.24, 2.45) is 5.92 Å². The van der Waals surface area contributed by atoms with E-state index >= 15 is 0 Å². The minimum absolute atomic E-state index is 0.0240. The highest BCUT2D eigenvalue weighted by atomic mass is 16.4. The molecule has 0 saturated carbocycles. The minimum atomic E-state index is -1.01. The average Bonchev–Trinajstić information content (AvgIpc) is 2.36. The molecule has 2 amide bonds. The van der Waals surface area contributed by atoms with E-state index in [0.717, 1.165) is 25.9 Å². The van der Waals surface area contributed by atoms with Crippen molar-refractivity contribution in [1.82, 2.24) is 15.5 Å². The van der Waals surface area contributed by atoms with Gasteiger partial charge in [-0.15, -0.1) is 0 Å². The molecule has 7 heteroatoms. The SMILES string of the molecule is CC(=O)NCC1CCN(CC(NC(C)=O)C(=O)O)CC1. The molecule has 0 aromatic heterocycles. The van der Waals surface area contributed by atoms with Crippen molar-refractivity contribution in [1.29, 1.82) is 0 Å². The van der Waals surface area contributed by atoms with Gasteiger partial charge in [-0.25, -0.2) is 4.79 Å². The van der Waals surface area contributed by atoms with Crippen LogP contribution in [0.1, 0.15) is 26.7 Å². The number of piperidine rings is 1. The van der Waals surface area contributed by atoms with Crippen molar-refractivity contribution >= 4 is 17.8 Å². The van der Waals surface area contributed by atoms with Crippen LogP contribution in [0.15, 0.2) is 0 Å². The molecule has 1 atom stereocenters. The van der Waals surface area contributed by atoms with Gasteiger partial charge in [-0.1, -0.05) is 0 Å². The first-order chi connectivity index (χ1) is 9.38. The van der Waals surface area contributed by atoms with Crippen LogP contribution in [0.3, 0.4) is 0 Å². The van der Waals surface area contributed by atoms with E-state index in [-0.39, 0.29) is 11.8 Å². The van der Waals surface area contributed by atoms with E-state index < -0.39 is 12.0 Å². The molecule has 0 aromatic rings. The number of carboxylic acids is 1. The lowest BCUT2D eigenvalue weighted by Gasteiger charge is -2.33. The van der Waals surface area contributed by atoms with Gasteiger partial charge < -0.3 is 20.6 Å². The van der Waals surface area contributed by atoms with Gasteiger partial charge in [0.2, 0.25) is 11.8 Å². The second kappa shape index (κ2) is 7.84. The van der Waals surface area contributed by atoms with Crippen LogP contribution in [0.4, 0.5) is 0 Å². The number of carbonyl (C=O) groups excluding carboxylic acids is 2. The van der Waals surface area contributed by atoms with Crippen molar-refractivity contribution in [3.63, 3.8) is 0 Å². The molecule has 1 aliphatic heterocycles. The number of carbonyl (C=O) groups is 3. The maximum atomic E-state index is 11.1. The molecule has 1 rings (SSSR count). The third-order valence-electron chi connectivity index (χ3n) is 3.46. The van der Waals surface area contributed by atoms with Gasteiger partial charge in [0.1, 0.15) is 6.04 Å². The number of likely N-dealkylation sites (tertiary alicyclic amines) is 1. The Morgan fingerprint density at radius 2 is 1.80 bits per heavy atom. The Labute approximate surface area is 118 Å². The predicted octanol–water partition coefficient (Wildman–Crippen LogP) is -0.576. The summed E-state index contributed by atoms with van der Waals surface area (Å²) in [6.07, 6.45) is 1.85. The maximum Gasteiger partial charge on any atom is 0.327 e. The summed E-state index contributed by atoms with van der Waals surface area (Å²) < 4.78 is 0. The van der Waals surface area contributed by atoms with Crippen LogP contribution in [-0.2, 0) is 14.4 Å². The first-order valence-electron chi connectivity index (χ1n) is 6.85. The molecule has 0 bridgehead atoms. The Bertz CT molecular complexity index is 365. The number of hydrogen-bond acceptors (Lipinski definition) is 4. The lowest BCUT2D eigenvalue weighted by atomic mass is 9.96. The molecule has 0 radical (unpaired) electrons. The summed E-state index contributed by atoms with van der Waals surface area (Å²) in [7, 11) is 0. The van der Waals surface area contributed by atoms with Gasteiger partial charge in [-0.2, -0.15) is 0 Å². The van der Waals surface area contributed by atoms with E-state index in [1.54, 1.807) is 0 Å². The Morgan fingerprint density at radius 3 is 2.25 bits per heavy atom. The Hall–Kier alpha value is -1.63. The quantitative estimate of drug-likeness (QED) is 0.606. The number of carboxylic acid groups (broad SMARTS) is 1. The Balaban J connectivity index is 2.34. The summed E-state index contributed by atoms with van der Waals surface area (Å²) in [5.74, 6) is -0.929. The number of hydrogen-bond donors (Lipinski definition) is 3. The first-order valence-corrected chi connectivity index (χ1v) is 6.85. The molecule has 114 valence electrons. The highest BCUT2D eigenvalue weighted by Crippen LogP contribution is 2.16. The average molecular weight is 285 g/mol. The second-order valence-electron chi connectivity index (χ2n) is 5.27. The standard InChI is InChI=1S/C13H23N3O4/c1-9(17)14-7-11-3-5-16(6-4-11)8-12(13(19)20)15-10(2)18/h11-12H,3-8H2,1-2H3,(H,14,17)(H,15,18)(H,19,20). The van der Waals surface area contributed by atoms with Gasteiger partial charge in [0.15, 0.2) is 0 Å². The fraction of sp³-hybridized carbons (Fsp3) is 0.769. The molecule has 1 unspecified atom stereocenters. The highest BCUT2D eigenvalue weighted by molar-refractivity contribution is 5.82. The third kappa shape index (κ3) is 6.01. The molecule has 20 heavy (non-hydrogen) atoms. The van der Waals surface area contributed by atoms with E-state index in [4.69, 9.17) is 5.11 Å². The van der Waals surface area contributed by atoms with Crippen molar-refractivity contribution in [2.45, 2.75) is 32.7 Å². The van der Waals surface area contributed by atoms with Crippen LogP contribution in [0, 0.1) is 5.92 Å². The lowest BCUT2D eigenvalue weighted by Crippen LogP contribution is -2.50. The predicted molar refractivity (Wildman–Crippen MR) is 73.1 cm³/mol. The first kappa shape index (κ1) is 16.4. The molecule has 0 spiro atoms. The van der Waals surface area contributed by atoms with Crippen LogP contribution < -0.4 is 10.6 Å². The lowest BCUT2D eigenvalue weighted by molar-refractivity contribution is -0.142. The second-order valence-corrected chi connectivity index (χ2v) is 5.27. The van der Waals surface area contributed by atoms with E-state index in [1.165, 1.54) is 13.8 Å². The molecule has 0 aliphatic carbocycles. The fourth-order valence-electron chi connectivity index (χ4n) is 2.35. The normalized spacial score (nSPS) is 18.3. The topological polar surface area (TPSA) is 98.7 Å². The fourth-order valence-corrected chi connectivity index (χ4v) is 2.35. The number of nitrogens with one attached hydrogen (secondary N) is 2. The number of amides is 2. The van der Waals surface area contributed by atoms with Gasteiger partial charge in [-0.3, -0.25) is 9.59 Å². The van der Waals surface area contributed by atoms with Crippen molar-refractivity contribution in [3.8, 4) is 0 Å². The number of rotatable bonds is 6. The summed E-state index contributed by atoms with van der Waals surface area (Å²) in [6, 6.07) is -0.862. The molecule has 3 N–H and O–H groups in total. The zero-order valence-corrected chi connectivity index (χ0v) is 12.0. The number of nitrogens with zero attached hydrogens (tertiary/aromatic N) is 1. The number of aliphatic carboxylic acids is 1. The van der Waals surface area contributed by atoms with Gasteiger partial charge in [0, 0.05) is 26.9 Å². The largest absolute Gasteiger partial charge is 0.480 e. The van der Waals surface area contributed by atoms with Gasteiger partial charge in [-0.05, 0) is 31.8 Å². The summed E-state index contributed by atoms with van der Waals surface area (Å²) in [5.41, 5.74) is 0. The van der Waals surface area contributed by atoms with E-state index in [1.807, 2.05) is 4.90 Å². The molecule has 1 saturated heterocycles. The molecule has 1 aliphatic rings. The Morgan fingerprint density at radius 1 is 1.20 bits per heavy atom. The molecular weight excluding hydrogens is 262 g/mol. The van der Waals surface area contributed by atoms with Crippen LogP contribution >= 0.6 is 0 Å². The smallest absolute Gasteiger partial charge is 0.327 e. The minimum Gasteiger partial charge on any atom is -0.480 e. The zero-order chi connectivity index (χ0) is 15.1. The summed E-state index contributed by atoms with van der Waals surface area (Å²) >= 11 is 0. The molecule has 1 heterocycles. The monoisotopic (exact) mass is 285 g/mol. The van der Waals surface area contributed by atoms with Crippen LogP contribution in [-0.4, -0.2) is 60.0 Å². The molecule has 1 fully saturated rings. The van der Waals surface area contributed by atoms with Crippen molar-refractivity contribution in [2.75, 3.05) is 26.2 Å². The summed E-state index contributed by atoms with van der Waals surface area (Å²) in [4.78, 5) is 34.9. The molecule has 0 aromatic carbocycles. The third-order valence-corrected chi connectivity index (χ3v) is 3.46. The molecular formula is C13H23N3O4.